The molecule has 0 radical (unpaired) electrons. The second-order valence-electron chi connectivity index (χ2n) is 2.14. The zero-order valence-electron chi connectivity index (χ0n) is 6.67. The molecule has 0 amide bonds. The molecule has 0 rings (SSSR count). The summed E-state index contributed by atoms with van der Waals surface area (Å²) in [5, 5.41) is 8.31. The van der Waals surface area contributed by atoms with E-state index in [1.165, 1.54) is 0 Å². The number of hydrogen-bond donors (Lipinski definition) is 1. The van der Waals surface area contributed by atoms with Gasteiger partial charge in [0.15, 0.2) is 0 Å². The van der Waals surface area contributed by atoms with Crippen molar-refractivity contribution in [1.82, 2.24) is 0 Å². The van der Waals surface area contributed by atoms with Crippen LogP contribution in [0.15, 0.2) is 0 Å². The van der Waals surface area contributed by atoms with Crippen LogP contribution in [0.2, 0.25) is 0 Å². The summed E-state index contributed by atoms with van der Waals surface area (Å²) in [6, 6.07) is 0. The molecule has 0 aliphatic heterocycles. The fourth-order valence-corrected chi connectivity index (χ4v) is 0.406. The van der Waals surface area contributed by atoms with Crippen molar-refractivity contribution in [3.8, 4) is 0 Å². The Balaban J connectivity index is 2.89. The average molecular weight is 148 g/mol. The fraction of sp³-hybridized carbons (Fsp3) is 1.00. The summed E-state index contributed by atoms with van der Waals surface area (Å²) < 4.78 is 10.0. The third-order valence-electron chi connectivity index (χ3n) is 1.25. The van der Waals surface area contributed by atoms with Gasteiger partial charge in [-0.1, -0.05) is 6.92 Å². The van der Waals surface area contributed by atoms with E-state index >= 15 is 0 Å². The van der Waals surface area contributed by atoms with Crippen LogP contribution in [0.4, 0.5) is 0 Å². The van der Waals surface area contributed by atoms with Crippen LogP contribution in [0, 0.1) is 0 Å². The van der Waals surface area contributed by atoms with E-state index in [-0.39, 0.29) is 19.5 Å². The van der Waals surface area contributed by atoms with Crippen molar-refractivity contribution >= 4 is 0 Å². The van der Waals surface area contributed by atoms with E-state index in [4.69, 9.17) is 14.6 Å². The second-order valence-corrected chi connectivity index (χ2v) is 2.14. The number of ether oxygens (including phenoxy) is 2. The van der Waals surface area contributed by atoms with Crippen LogP contribution in [-0.4, -0.2) is 31.2 Å². The van der Waals surface area contributed by atoms with E-state index in [9.17, 15) is 0 Å². The first-order valence-corrected chi connectivity index (χ1v) is 3.61. The van der Waals surface area contributed by atoms with Crippen molar-refractivity contribution in [2.24, 2.45) is 0 Å². The Labute approximate surface area is 62.0 Å². The van der Waals surface area contributed by atoms with Crippen molar-refractivity contribution in [1.29, 1.82) is 0 Å². The zero-order chi connectivity index (χ0) is 7.82. The molecule has 0 aliphatic carbocycles. The molecule has 1 N–H and O–H groups in total. The van der Waals surface area contributed by atoms with E-state index in [2.05, 4.69) is 6.92 Å². The molecule has 0 aromatic rings. The molecule has 1 unspecified atom stereocenters. The van der Waals surface area contributed by atoms with Gasteiger partial charge < -0.3 is 14.6 Å². The Bertz CT molecular complexity index is 65.9. The lowest BCUT2D eigenvalue weighted by Gasteiger charge is -2.09. The Morgan fingerprint density at radius 2 is 2.20 bits per heavy atom. The smallest absolute Gasteiger partial charge is 0.147 e. The van der Waals surface area contributed by atoms with Gasteiger partial charge in [-0.2, -0.15) is 0 Å². The maximum Gasteiger partial charge on any atom is 0.147 e. The molecule has 0 bridgehead atoms. The molecule has 0 aromatic carbocycles. The van der Waals surface area contributed by atoms with Crippen molar-refractivity contribution in [3.05, 3.63) is 0 Å². The molecule has 0 aromatic heterocycles. The summed E-state index contributed by atoms with van der Waals surface area (Å²) in [7, 11) is 0. The first-order valence-electron chi connectivity index (χ1n) is 3.61. The molecule has 0 saturated carbocycles. The molecular weight excluding hydrogens is 132 g/mol. The van der Waals surface area contributed by atoms with Crippen LogP contribution in [-0.2, 0) is 9.47 Å². The Kier molecular flexibility index (Phi) is 6.91. The lowest BCUT2D eigenvalue weighted by atomic mass is 10.3. The van der Waals surface area contributed by atoms with E-state index in [1.54, 1.807) is 0 Å². The summed E-state index contributed by atoms with van der Waals surface area (Å²) >= 11 is 0. The van der Waals surface area contributed by atoms with E-state index in [0.717, 1.165) is 6.42 Å². The minimum atomic E-state index is 0.0594. The van der Waals surface area contributed by atoms with Gasteiger partial charge in [0.2, 0.25) is 0 Å². The van der Waals surface area contributed by atoms with Crippen LogP contribution in [0.3, 0.4) is 0 Å². The summed E-state index contributed by atoms with van der Waals surface area (Å²) in [5.74, 6) is 0. The van der Waals surface area contributed by atoms with Gasteiger partial charge in [0.1, 0.15) is 6.79 Å². The second kappa shape index (κ2) is 6.99. The molecule has 10 heavy (non-hydrogen) atoms. The summed E-state index contributed by atoms with van der Waals surface area (Å²) in [6.45, 7) is 4.74. The third kappa shape index (κ3) is 6.01. The van der Waals surface area contributed by atoms with Gasteiger partial charge in [0, 0.05) is 0 Å². The van der Waals surface area contributed by atoms with Crippen LogP contribution >= 0.6 is 0 Å². The molecule has 0 saturated heterocycles. The summed E-state index contributed by atoms with van der Waals surface area (Å²) in [6.07, 6.45) is 1.24. The minimum Gasteiger partial charge on any atom is -0.394 e. The number of aliphatic hydroxyl groups is 1. The predicted octanol–water partition coefficient (Wildman–Crippen LogP) is 0.768. The van der Waals surface area contributed by atoms with Gasteiger partial charge in [-0.25, -0.2) is 0 Å². The van der Waals surface area contributed by atoms with Crippen molar-refractivity contribution < 1.29 is 14.6 Å². The monoisotopic (exact) mass is 148 g/mol. The third-order valence-corrected chi connectivity index (χ3v) is 1.25. The molecular formula is C7H16O3. The van der Waals surface area contributed by atoms with Crippen LogP contribution in [0.5, 0.6) is 0 Å². The molecule has 0 heterocycles. The molecule has 3 heteroatoms. The molecule has 3 nitrogen and oxygen atoms in total. The van der Waals surface area contributed by atoms with Gasteiger partial charge in [-0.3, -0.25) is 0 Å². The topological polar surface area (TPSA) is 38.7 Å². The lowest BCUT2D eigenvalue weighted by Crippen LogP contribution is -2.11. The van der Waals surface area contributed by atoms with Crippen molar-refractivity contribution in [2.75, 3.05) is 20.0 Å². The lowest BCUT2D eigenvalue weighted by molar-refractivity contribution is -0.0906. The quantitative estimate of drug-likeness (QED) is 0.446. The van der Waals surface area contributed by atoms with Crippen molar-refractivity contribution in [2.45, 2.75) is 26.4 Å². The molecule has 62 valence electrons. The largest absolute Gasteiger partial charge is 0.394 e. The van der Waals surface area contributed by atoms with E-state index < -0.39 is 0 Å². The van der Waals surface area contributed by atoms with Crippen LogP contribution in [0.25, 0.3) is 0 Å². The SMILES string of the molecule is CCC(C)OCOCCO. The van der Waals surface area contributed by atoms with Crippen molar-refractivity contribution in [3.63, 3.8) is 0 Å². The normalized spacial score (nSPS) is 13.5. The van der Waals surface area contributed by atoms with Gasteiger partial charge >= 0.3 is 0 Å². The highest BCUT2D eigenvalue weighted by molar-refractivity contribution is 4.40. The van der Waals surface area contributed by atoms with Gasteiger partial charge in [-0.05, 0) is 13.3 Å². The van der Waals surface area contributed by atoms with E-state index in [1.807, 2.05) is 6.92 Å². The zero-order valence-corrected chi connectivity index (χ0v) is 6.67. The number of rotatable bonds is 6. The van der Waals surface area contributed by atoms with Gasteiger partial charge in [-0.15, -0.1) is 0 Å². The van der Waals surface area contributed by atoms with Gasteiger partial charge in [0.05, 0.1) is 19.3 Å². The Morgan fingerprint density at radius 1 is 1.50 bits per heavy atom. The van der Waals surface area contributed by atoms with E-state index in [0.29, 0.717) is 6.61 Å². The first kappa shape index (κ1) is 9.88. The molecule has 0 aliphatic rings. The fourth-order valence-electron chi connectivity index (χ4n) is 0.406. The maximum atomic E-state index is 8.31. The predicted molar refractivity (Wildman–Crippen MR) is 38.7 cm³/mol. The molecule has 1 atom stereocenters. The van der Waals surface area contributed by atoms with Crippen LogP contribution in [0.1, 0.15) is 20.3 Å². The van der Waals surface area contributed by atoms with Crippen LogP contribution < -0.4 is 0 Å². The Hall–Kier alpha value is -0.120. The first-order chi connectivity index (χ1) is 4.81. The summed E-state index contributed by atoms with van der Waals surface area (Å²) in [4.78, 5) is 0. The highest BCUT2D eigenvalue weighted by Gasteiger charge is 1.95. The maximum absolute atomic E-state index is 8.31. The Morgan fingerprint density at radius 3 is 2.70 bits per heavy atom. The summed E-state index contributed by atoms with van der Waals surface area (Å²) in [5.41, 5.74) is 0. The minimum absolute atomic E-state index is 0.0594. The number of hydrogen-bond acceptors (Lipinski definition) is 3. The standard InChI is InChI=1S/C7H16O3/c1-3-7(2)10-6-9-5-4-8/h7-8H,3-6H2,1-2H3. The van der Waals surface area contributed by atoms with Gasteiger partial charge in [0.25, 0.3) is 0 Å². The average Bonchev–Trinajstić information content (AvgIpc) is 1.98. The molecule has 0 fully saturated rings. The number of aliphatic hydroxyl groups excluding tert-OH is 1. The highest BCUT2D eigenvalue weighted by atomic mass is 16.7. The highest BCUT2D eigenvalue weighted by Crippen LogP contribution is 1.94. The molecule has 0 spiro atoms.